The van der Waals surface area contributed by atoms with Crippen molar-refractivity contribution in [3.8, 4) is 11.5 Å². The van der Waals surface area contributed by atoms with Gasteiger partial charge in [0.2, 0.25) is 0 Å². The van der Waals surface area contributed by atoms with Crippen LogP contribution >= 0.6 is 0 Å². The van der Waals surface area contributed by atoms with Crippen molar-refractivity contribution in [1.82, 2.24) is 4.90 Å². The van der Waals surface area contributed by atoms with E-state index in [1.165, 1.54) is 37.4 Å². The van der Waals surface area contributed by atoms with E-state index in [2.05, 4.69) is 4.74 Å². The second-order valence-electron chi connectivity index (χ2n) is 7.82. The number of halogens is 4. The Hall–Kier alpha value is -2.89. The van der Waals surface area contributed by atoms with E-state index < -0.39 is 24.7 Å². The molecule has 2 heterocycles. The number of nitrogens with zero attached hydrogens (tertiary/aromatic N) is 1. The Bertz CT molecular complexity index is 1020. The van der Waals surface area contributed by atoms with Gasteiger partial charge in [-0.3, -0.25) is 9.53 Å². The van der Waals surface area contributed by atoms with Gasteiger partial charge in [0.25, 0.3) is 5.91 Å². The number of likely N-dealkylation sites (tertiary alicyclic amines) is 1. The molecule has 0 radical (unpaired) electrons. The molecule has 2 aliphatic rings. The van der Waals surface area contributed by atoms with Gasteiger partial charge in [0.05, 0.1) is 20.3 Å². The number of hydrogen-bond donors (Lipinski definition) is 0. The van der Waals surface area contributed by atoms with Gasteiger partial charge in [-0.05, 0) is 35.9 Å². The number of fused-ring (bicyclic) bond motifs is 1. The maximum Gasteiger partial charge on any atom is 0.522 e. The largest absolute Gasteiger partial charge is 0.522 e. The molecule has 2 fully saturated rings. The van der Waals surface area contributed by atoms with Gasteiger partial charge in [0.15, 0.2) is 11.5 Å². The number of rotatable bonds is 7. The summed E-state index contributed by atoms with van der Waals surface area (Å²) in [6, 6.07) is 10.5. The summed E-state index contributed by atoms with van der Waals surface area (Å²) in [5, 5.41) is 0. The number of ether oxygens (including phenoxy) is 5. The number of methoxy groups -OCH3 is 1. The van der Waals surface area contributed by atoms with Crippen LogP contribution in [0.3, 0.4) is 0 Å². The summed E-state index contributed by atoms with van der Waals surface area (Å²) >= 11 is 0. The number of benzene rings is 2. The maximum atomic E-state index is 13.4. The molecule has 11 heteroatoms. The number of piperidine rings is 1. The third kappa shape index (κ3) is 5.11. The lowest BCUT2D eigenvalue weighted by molar-refractivity contribution is -0.325. The van der Waals surface area contributed by atoms with Gasteiger partial charge in [-0.1, -0.05) is 12.1 Å². The van der Waals surface area contributed by atoms with Crippen molar-refractivity contribution >= 4 is 5.91 Å². The lowest BCUT2D eigenvalue weighted by Gasteiger charge is -2.42. The molecule has 7 nitrogen and oxygen atoms in total. The van der Waals surface area contributed by atoms with E-state index in [1.54, 1.807) is 17.0 Å². The van der Waals surface area contributed by atoms with Crippen LogP contribution in [-0.4, -0.2) is 63.5 Å². The van der Waals surface area contributed by atoms with Crippen LogP contribution in [0.25, 0.3) is 0 Å². The minimum Gasteiger partial charge on any atom is -0.493 e. The van der Waals surface area contributed by atoms with Crippen molar-refractivity contribution < 1.29 is 47.5 Å². The average Bonchev–Trinajstić information content (AvgIpc) is 3.25. The minimum absolute atomic E-state index is 0. The highest BCUT2D eigenvalue weighted by Crippen LogP contribution is 2.43. The van der Waals surface area contributed by atoms with Crippen molar-refractivity contribution in [2.24, 2.45) is 0 Å². The smallest absolute Gasteiger partial charge is 0.493 e. The zero-order valence-corrected chi connectivity index (χ0v) is 18.3. The molecule has 186 valence electrons. The van der Waals surface area contributed by atoms with E-state index in [1.807, 2.05) is 0 Å². The first-order valence-corrected chi connectivity index (χ1v) is 10.5. The van der Waals surface area contributed by atoms with Crippen molar-refractivity contribution in [2.45, 2.75) is 24.5 Å². The number of alkyl halides is 3. The maximum absolute atomic E-state index is 13.4. The predicted octanol–water partition coefficient (Wildman–Crippen LogP) is 4.11. The van der Waals surface area contributed by atoms with Crippen molar-refractivity contribution in [2.75, 3.05) is 40.2 Å². The Morgan fingerprint density at radius 3 is 2.65 bits per heavy atom. The van der Waals surface area contributed by atoms with Gasteiger partial charge >= 0.3 is 6.36 Å². The van der Waals surface area contributed by atoms with Gasteiger partial charge in [-0.25, -0.2) is 4.39 Å². The van der Waals surface area contributed by atoms with E-state index >= 15 is 0 Å². The summed E-state index contributed by atoms with van der Waals surface area (Å²) in [5.74, 6) is -0.228. The molecule has 0 spiro atoms. The first-order valence-electron chi connectivity index (χ1n) is 10.5. The molecule has 0 unspecified atom stereocenters. The number of amides is 1. The van der Waals surface area contributed by atoms with Gasteiger partial charge in [-0.15, -0.1) is 13.2 Å². The first-order chi connectivity index (χ1) is 16.2. The van der Waals surface area contributed by atoms with Crippen LogP contribution in [0, 0.1) is 5.82 Å². The van der Waals surface area contributed by atoms with Crippen LogP contribution in [-0.2, 0) is 19.8 Å². The molecule has 2 atom stereocenters. The zero-order valence-electron chi connectivity index (χ0n) is 18.3. The van der Waals surface area contributed by atoms with Crippen LogP contribution < -0.4 is 9.47 Å². The van der Waals surface area contributed by atoms with Crippen LogP contribution in [0.5, 0.6) is 11.5 Å². The molecule has 0 aromatic heterocycles. The lowest BCUT2D eigenvalue weighted by Crippen LogP contribution is -2.53. The second kappa shape index (κ2) is 9.77. The summed E-state index contributed by atoms with van der Waals surface area (Å²) in [5.41, 5.74) is 0.364. The molecular weight excluding hydrogens is 462 g/mol. The molecule has 1 amide bonds. The Balaban J connectivity index is 0.00000342. The van der Waals surface area contributed by atoms with Gasteiger partial charge in [-0.2, -0.15) is 0 Å². The Kier molecular flexibility index (Phi) is 6.96. The van der Waals surface area contributed by atoms with Crippen molar-refractivity contribution in [1.29, 1.82) is 0 Å². The first kappa shape index (κ1) is 24.2. The van der Waals surface area contributed by atoms with E-state index in [0.29, 0.717) is 18.5 Å². The molecule has 0 bridgehead atoms. The normalized spacial score (nSPS) is 22.4. The second-order valence-corrected chi connectivity index (χ2v) is 7.82. The molecule has 2 aliphatic heterocycles. The van der Waals surface area contributed by atoms with E-state index in [0.717, 1.165) is 5.56 Å². The molecule has 2 aromatic rings. The molecular formula is C23H25F4NO6. The standard InChI is InChI=1S/C23H23F4NO6.H2/c1-30-19-12-15(2-7-18(19)31-10-11-33-23(25,26)27)21(29)28-9-8-22(20(13-28)32-14-34-22)16-3-5-17(24)6-4-16;/h2-7,12,20H,8-11,13-14H2,1H3;1H/t20-,22-;/m1./s1. The number of carbonyl (C=O) groups excluding carboxylic acids is 1. The minimum atomic E-state index is -4.74. The fraction of sp³-hybridized carbons (Fsp3) is 0.435. The summed E-state index contributed by atoms with van der Waals surface area (Å²) in [6.07, 6.45) is -4.69. The molecule has 34 heavy (non-hydrogen) atoms. The molecule has 0 saturated carbocycles. The third-order valence-electron chi connectivity index (χ3n) is 5.88. The Morgan fingerprint density at radius 2 is 1.94 bits per heavy atom. The summed E-state index contributed by atoms with van der Waals surface area (Å²) in [6.45, 7) is -0.306. The van der Waals surface area contributed by atoms with Crippen molar-refractivity contribution in [3.63, 3.8) is 0 Å². The van der Waals surface area contributed by atoms with E-state index in [-0.39, 0.29) is 44.6 Å². The summed E-state index contributed by atoms with van der Waals surface area (Å²) < 4.78 is 75.5. The van der Waals surface area contributed by atoms with E-state index in [4.69, 9.17) is 18.9 Å². The topological polar surface area (TPSA) is 66.5 Å². The fourth-order valence-corrected chi connectivity index (χ4v) is 4.22. The number of hydrogen-bond acceptors (Lipinski definition) is 6. The SMILES string of the molecule is COc1cc(C(=O)N2CC[C@]3(c4ccc(F)cc4)OCO[C@@H]3C2)ccc1OCCOC(F)(F)F.[HH]. The van der Waals surface area contributed by atoms with Gasteiger partial charge in [0, 0.05) is 20.0 Å². The zero-order chi connectivity index (χ0) is 24.3. The van der Waals surface area contributed by atoms with Crippen LogP contribution in [0.4, 0.5) is 17.6 Å². The summed E-state index contributed by atoms with van der Waals surface area (Å²) in [7, 11) is 1.37. The quantitative estimate of drug-likeness (QED) is 0.433. The van der Waals surface area contributed by atoms with Crippen molar-refractivity contribution in [3.05, 3.63) is 59.4 Å². The molecule has 0 N–H and O–H groups in total. The van der Waals surface area contributed by atoms with Crippen LogP contribution in [0.1, 0.15) is 23.8 Å². The lowest BCUT2D eigenvalue weighted by atomic mass is 9.82. The highest BCUT2D eigenvalue weighted by molar-refractivity contribution is 5.95. The van der Waals surface area contributed by atoms with Crippen LogP contribution in [0.2, 0.25) is 0 Å². The Labute approximate surface area is 194 Å². The molecule has 2 aromatic carbocycles. The number of carbonyl (C=O) groups is 1. The molecule has 4 rings (SSSR count). The van der Waals surface area contributed by atoms with Gasteiger partial charge < -0.3 is 23.8 Å². The highest BCUT2D eigenvalue weighted by Gasteiger charge is 2.51. The fourth-order valence-electron chi connectivity index (χ4n) is 4.22. The monoisotopic (exact) mass is 487 g/mol. The molecule has 2 saturated heterocycles. The predicted molar refractivity (Wildman–Crippen MR) is 112 cm³/mol. The Morgan fingerprint density at radius 1 is 1.18 bits per heavy atom. The molecule has 0 aliphatic carbocycles. The van der Waals surface area contributed by atoms with Gasteiger partial charge in [0.1, 0.15) is 30.9 Å². The summed E-state index contributed by atoms with van der Waals surface area (Å²) in [4.78, 5) is 14.8. The van der Waals surface area contributed by atoms with E-state index in [9.17, 15) is 22.4 Å². The third-order valence-corrected chi connectivity index (χ3v) is 5.88. The average molecular weight is 487 g/mol. The highest BCUT2D eigenvalue weighted by atomic mass is 19.4. The van der Waals surface area contributed by atoms with Crippen LogP contribution in [0.15, 0.2) is 42.5 Å².